The minimum absolute atomic E-state index is 0.0200. The second kappa shape index (κ2) is 3.77. The first kappa shape index (κ1) is 10.7. The maximum atomic E-state index is 10.9. The predicted molar refractivity (Wildman–Crippen MR) is 52.1 cm³/mol. The van der Waals surface area contributed by atoms with Gasteiger partial charge >= 0.3 is 0 Å². The van der Waals surface area contributed by atoms with Crippen LogP contribution in [0.4, 0.5) is 5.69 Å². The zero-order chi connectivity index (χ0) is 10.8. The van der Waals surface area contributed by atoms with Gasteiger partial charge in [-0.25, -0.2) is 13.6 Å². The number of nitrogens with one attached hydrogen (secondary N) is 1. The number of anilines is 1. The number of hydrogen-bond acceptors (Lipinski definition) is 3. The predicted octanol–water partition coefficient (Wildman–Crippen LogP) is 0.292. The standard InChI is InChI=1S/C8H10N2O3S/c1-6(11)10-7-2-4-8(5-3-7)14(9,12)13/h2-5H,1H3,(H,10,11)(H2,9,12,13)/i2+1,3+1,4+1,5+1,7+1,8+1. The lowest BCUT2D eigenvalue weighted by Crippen LogP contribution is -2.12. The Bertz CT molecular complexity index is 436. The van der Waals surface area contributed by atoms with Gasteiger partial charge in [0.15, 0.2) is 0 Å². The summed E-state index contributed by atoms with van der Waals surface area (Å²) in [6, 6.07) is 5.61. The van der Waals surface area contributed by atoms with Crippen molar-refractivity contribution in [1.82, 2.24) is 0 Å². The lowest BCUT2D eigenvalue weighted by molar-refractivity contribution is -0.114. The molecule has 0 fully saturated rings. The van der Waals surface area contributed by atoms with Crippen molar-refractivity contribution in [3.8, 4) is 0 Å². The fourth-order valence-corrected chi connectivity index (χ4v) is 1.45. The van der Waals surface area contributed by atoms with E-state index in [4.69, 9.17) is 5.14 Å². The molecule has 0 aliphatic rings. The van der Waals surface area contributed by atoms with Crippen molar-refractivity contribution in [2.45, 2.75) is 11.8 Å². The monoisotopic (exact) mass is 220 g/mol. The van der Waals surface area contributed by atoms with Gasteiger partial charge in [-0.05, 0) is 24.3 Å². The molecule has 1 amide bonds. The number of benzene rings is 1. The number of amides is 1. The van der Waals surface area contributed by atoms with Gasteiger partial charge in [0, 0.05) is 12.6 Å². The van der Waals surface area contributed by atoms with Crippen LogP contribution < -0.4 is 10.5 Å². The molecule has 6 heteroatoms. The Balaban J connectivity index is 2.95. The molecular formula is C8H10N2O3S. The molecule has 0 aromatic heterocycles. The zero-order valence-corrected chi connectivity index (χ0v) is 8.34. The van der Waals surface area contributed by atoms with Gasteiger partial charge in [-0.2, -0.15) is 0 Å². The number of hydrogen-bond donors (Lipinski definition) is 2. The number of nitrogens with two attached hydrogens (primary N) is 1. The van der Waals surface area contributed by atoms with E-state index >= 15 is 0 Å². The Hall–Kier alpha value is -1.40. The summed E-state index contributed by atoms with van der Waals surface area (Å²) in [6.45, 7) is 1.37. The molecule has 0 saturated heterocycles. The number of sulfonamides is 1. The molecule has 0 spiro atoms. The minimum atomic E-state index is -3.66. The average Bonchev–Trinajstić information content (AvgIpc) is 2.02. The summed E-state index contributed by atoms with van der Waals surface area (Å²) in [5.74, 6) is -0.214. The van der Waals surface area contributed by atoms with Crippen LogP contribution in [0.15, 0.2) is 29.2 Å². The molecule has 1 aromatic rings. The van der Waals surface area contributed by atoms with E-state index in [1.54, 1.807) is 0 Å². The Morgan fingerprint density at radius 1 is 1.29 bits per heavy atom. The Labute approximate surface area is 82.0 Å². The minimum Gasteiger partial charge on any atom is -0.326 e. The first-order valence-electron chi connectivity index (χ1n) is 3.80. The molecule has 0 heterocycles. The van der Waals surface area contributed by atoms with Gasteiger partial charge in [0.25, 0.3) is 0 Å². The fourth-order valence-electron chi connectivity index (χ4n) is 0.931. The number of primary sulfonamides is 1. The molecule has 0 atom stereocenters. The van der Waals surface area contributed by atoms with E-state index < -0.39 is 10.0 Å². The lowest BCUT2D eigenvalue weighted by Gasteiger charge is -2.02. The quantitative estimate of drug-likeness (QED) is 0.750. The Kier molecular flexibility index (Phi) is 2.87. The van der Waals surface area contributed by atoms with Crippen molar-refractivity contribution in [3.63, 3.8) is 0 Å². The van der Waals surface area contributed by atoms with Crippen molar-refractivity contribution in [1.29, 1.82) is 0 Å². The van der Waals surface area contributed by atoms with Crippen LogP contribution in [-0.4, -0.2) is 14.3 Å². The number of carbonyl (C=O) groups is 1. The first-order chi connectivity index (χ1) is 6.39. The van der Waals surface area contributed by atoms with Crippen LogP contribution in [0, 0.1) is 0 Å². The molecule has 0 unspecified atom stereocenters. The van der Waals surface area contributed by atoms with Crippen molar-refractivity contribution < 1.29 is 13.2 Å². The topological polar surface area (TPSA) is 89.3 Å². The van der Waals surface area contributed by atoms with E-state index in [2.05, 4.69) is 5.32 Å². The van der Waals surface area contributed by atoms with Crippen molar-refractivity contribution in [2.75, 3.05) is 5.32 Å². The number of rotatable bonds is 2. The van der Waals surface area contributed by atoms with E-state index in [0.29, 0.717) is 5.69 Å². The van der Waals surface area contributed by atoms with Crippen LogP contribution >= 0.6 is 0 Å². The Morgan fingerprint density at radius 3 is 2.14 bits per heavy atom. The van der Waals surface area contributed by atoms with Crippen molar-refractivity contribution in [2.24, 2.45) is 5.14 Å². The van der Waals surface area contributed by atoms with E-state index in [-0.39, 0.29) is 10.8 Å². The van der Waals surface area contributed by atoms with Gasteiger partial charge in [0.1, 0.15) is 0 Å². The summed E-state index contributed by atoms with van der Waals surface area (Å²) >= 11 is 0. The van der Waals surface area contributed by atoms with E-state index in [9.17, 15) is 13.2 Å². The van der Waals surface area contributed by atoms with Gasteiger partial charge < -0.3 is 5.32 Å². The highest BCUT2D eigenvalue weighted by Gasteiger charge is 2.06. The van der Waals surface area contributed by atoms with Crippen LogP contribution in [0.5, 0.6) is 0 Å². The largest absolute Gasteiger partial charge is 0.326 e. The molecular weight excluding hydrogens is 210 g/mol. The molecule has 1 rings (SSSR count). The molecule has 0 aliphatic heterocycles. The molecule has 14 heavy (non-hydrogen) atoms. The molecule has 3 N–H and O–H groups in total. The third-order valence-electron chi connectivity index (χ3n) is 1.50. The van der Waals surface area contributed by atoms with Crippen LogP contribution in [-0.2, 0) is 14.8 Å². The molecule has 0 aliphatic carbocycles. The lowest BCUT2D eigenvalue weighted by atomic mass is 10.7. The smallest absolute Gasteiger partial charge is 0.238 e. The normalized spacial score (nSPS) is 11.0. The van der Waals surface area contributed by atoms with E-state index in [0.717, 1.165) is 0 Å². The summed E-state index contributed by atoms with van der Waals surface area (Å²) in [5, 5.41) is 7.40. The second-order valence-corrected chi connectivity index (χ2v) is 4.31. The molecule has 1 aromatic carbocycles. The summed E-state index contributed by atoms with van der Waals surface area (Å²) in [5.41, 5.74) is 0.532. The van der Waals surface area contributed by atoms with Crippen molar-refractivity contribution in [3.05, 3.63) is 24.3 Å². The van der Waals surface area contributed by atoms with Gasteiger partial charge in [0.2, 0.25) is 15.9 Å². The van der Waals surface area contributed by atoms with Crippen LogP contribution in [0.2, 0.25) is 0 Å². The summed E-state index contributed by atoms with van der Waals surface area (Å²) in [7, 11) is -3.66. The first-order valence-corrected chi connectivity index (χ1v) is 5.34. The van der Waals surface area contributed by atoms with E-state index in [1.165, 1.54) is 31.2 Å². The molecule has 5 nitrogen and oxygen atoms in total. The maximum absolute atomic E-state index is 10.9. The highest BCUT2D eigenvalue weighted by atomic mass is 32.2. The third-order valence-corrected chi connectivity index (χ3v) is 2.43. The molecule has 0 radical (unpaired) electrons. The number of carbonyl (C=O) groups excluding carboxylic acids is 1. The highest BCUT2D eigenvalue weighted by molar-refractivity contribution is 7.89. The molecule has 76 valence electrons. The fraction of sp³-hybridized carbons (Fsp3) is 0.125. The molecule has 0 bridgehead atoms. The van der Waals surface area contributed by atoms with Gasteiger partial charge in [-0.15, -0.1) is 0 Å². The summed E-state index contributed by atoms with van der Waals surface area (Å²) in [4.78, 5) is 10.7. The van der Waals surface area contributed by atoms with Crippen LogP contribution in [0.1, 0.15) is 6.92 Å². The van der Waals surface area contributed by atoms with Gasteiger partial charge in [0.05, 0.1) is 4.90 Å². The van der Waals surface area contributed by atoms with E-state index in [1.807, 2.05) is 0 Å². The van der Waals surface area contributed by atoms with Gasteiger partial charge in [-0.3, -0.25) is 4.79 Å². The van der Waals surface area contributed by atoms with Crippen LogP contribution in [0.25, 0.3) is 0 Å². The third kappa shape index (κ3) is 2.82. The van der Waals surface area contributed by atoms with Gasteiger partial charge in [-0.1, -0.05) is 0 Å². The zero-order valence-electron chi connectivity index (χ0n) is 7.52. The SMILES string of the molecule is CC(=O)N[13c]1[13cH][13cH][13c](S(N)(=O)=O)[13cH][13cH]1. The summed E-state index contributed by atoms with van der Waals surface area (Å²) in [6.07, 6.45) is 0. The highest BCUT2D eigenvalue weighted by Crippen LogP contribution is 2.12. The second-order valence-electron chi connectivity index (χ2n) is 2.75. The van der Waals surface area contributed by atoms with Crippen LogP contribution in [0.3, 0.4) is 0 Å². The Morgan fingerprint density at radius 2 is 1.79 bits per heavy atom. The maximum Gasteiger partial charge on any atom is 0.238 e. The average molecular weight is 220 g/mol. The summed E-state index contributed by atoms with van der Waals surface area (Å²) < 4.78 is 21.7. The van der Waals surface area contributed by atoms with Crippen molar-refractivity contribution >= 4 is 21.6 Å². The molecule has 0 saturated carbocycles.